The van der Waals surface area contributed by atoms with Crippen molar-refractivity contribution in [3.05, 3.63) is 24.0 Å². The maximum Gasteiger partial charge on any atom is 0.339 e. The summed E-state index contributed by atoms with van der Waals surface area (Å²) in [5, 5.41) is 11.8. The molecule has 0 aliphatic rings. The van der Waals surface area contributed by atoms with Gasteiger partial charge in [-0.05, 0) is 33.8 Å². The molecule has 6 heteroatoms. The quantitative estimate of drug-likeness (QED) is 0.861. The summed E-state index contributed by atoms with van der Waals surface area (Å²) in [4.78, 5) is 26.6. The maximum atomic E-state index is 11.8. The Hall–Kier alpha value is -2.11. The van der Waals surface area contributed by atoms with Crippen LogP contribution in [0.5, 0.6) is 5.75 Å². The predicted molar refractivity (Wildman–Crippen MR) is 69.2 cm³/mol. The average Bonchev–Trinajstić information content (AvgIpc) is 2.27. The van der Waals surface area contributed by atoms with Gasteiger partial charge in [0.2, 0.25) is 0 Å². The molecule has 6 nitrogen and oxygen atoms in total. The summed E-state index contributed by atoms with van der Waals surface area (Å²) < 4.78 is 5.36. The number of carbonyl (C=O) groups excluding carboxylic acids is 1. The average molecular weight is 266 g/mol. The fourth-order valence-electron chi connectivity index (χ4n) is 1.37. The number of aromatic carboxylic acids is 1. The Kier molecular flexibility index (Phi) is 4.47. The van der Waals surface area contributed by atoms with E-state index in [-0.39, 0.29) is 22.8 Å². The van der Waals surface area contributed by atoms with Crippen LogP contribution in [0.2, 0.25) is 0 Å². The smallest absolute Gasteiger partial charge is 0.339 e. The molecule has 1 amide bonds. The molecule has 0 spiro atoms. The van der Waals surface area contributed by atoms with Gasteiger partial charge in [-0.15, -0.1) is 0 Å². The Bertz CT molecular complexity index is 480. The fourth-order valence-corrected chi connectivity index (χ4v) is 1.37. The van der Waals surface area contributed by atoms with Crippen molar-refractivity contribution >= 4 is 11.9 Å². The number of nitrogens with zero attached hydrogens (tertiary/aromatic N) is 1. The van der Waals surface area contributed by atoms with Crippen molar-refractivity contribution in [1.82, 2.24) is 10.3 Å². The number of hydrogen-bond acceptors (Lipinski definition) is 4. The summed E-state index contributed by atoms with van der Waals surface area (Å²) >= 11 is 0. The number of carboxylic acids is 1. The van der Waals surface area contributed by atoms with Gasteiger partial charge < -0.3 is 15.2 Å². The van der Waals surface area contributed by atoms with Gasteiger partial charge in [0, 0.05) is 11.7 Å². The van der Waals surface area contributed by atoms with Crippen molar-refractivity contribution in [2.45, 2.75) is 39.3 Å². The predicted octanol–water partition coefficient (Wildman–Crippen LogP) is 1.46. The number of amides is 1. The third kappa shape index (κ3) is 4.57. The molecule has 0 aliphatic heterocycles. The number of aromatic nitrogens is 1. The van der Waals surface area contributed by atoms with Crippen LogP contribution in [0.4, 0.5) is 0 Å². The van der Waals surface area contributed by atoms with E-state index in [4.69, 9.17) is 9.84 Å². The molecule has 0 radical (unpaired) electrons. The van der Waals surface area contributed by atoms with E-state index < -0.39 is 12.1 Å². The third-order valence-corrected chi connectivity index (χ3v) is 2.19. The lowest BCUT2D eigenvalue weighted by Crippen LogP contribution is -2.46. The second kappa shape index (κ2) is 5.69. The molecule has 1 atom stereocenters. The first-order valence-corrected chi connectivity index (χ1v) is 5.86. The molecule has 0 aliphatic carbocycles. The van der Waals surface area contributed by atoms with Crippen LogP contribution in [-0.2, 0) is 4.79 Å². The SMILES string of the molecule is CC(Oc1cnccc1C(=O)O)C(=O)NC(C)(C)C. The Morgan fingerprint density at radius 2 is 2.05 bits per heavy atom. The summed E-state index contributed by atoms with van der Waals surface area (Å²) in [6, 6.07) is 1.33. The van der Waals surface area contributed by atoms with E-state index in [0.717, 1.165) is 0 Å². The van der Waals surface area contributed by atoms with Crippen LogP contribution < -0.4 is 10.1 Å². The number of carbonyl (C=O) groups is 2. The molecule has 1 aromatic heterocycles. The summed E-state index contributed by atoms with van der Waals surface area (Å²) in [6.45, 7) is 7.11. The van der Waals surface area contributed by atoms with Gasteiger partial charge in [0.15, 0.2) is 11.9 Å². The Balaban J connectivity index is 2.80. The molecule has 0 fully saturated rings. The topological polar surface area (TPSA) is 88.5 Å². The van der Waals surface area contributed by atoms with Crippen molar-refractivity contribution in [1.29, 1.82) is 0 Å². The van der Waals surface area contributed by atoms with E-state index in [1.54, 1.807) is 6.92 Å². The molecule has 1 aromatic rings. The zero-order chi connectivity index (χ0) is 14.6. The van der Waals surface area contributed by atoms with Crippen LogP contribution in [0.1, 0.15) is 38.1 Å². The molecule has 19 heavy (non-hydrogen) atoms. The second-order valence-corrected chi connectivity index (χ2v) is 5.18. The first-order chi connectivity index (χ1) is 8.70. The number of pyridine rings is 1. The van der Waals surface area contributed by atoms with Crippen LogP contribution in [0.15, 0.2) is 18.5 Å². The normalized spacial score (nSPS) is 12.6. The zero-order valence-electron chi connectivity index (χ0n) is 11.4. The summed E-state index contributed by atoms with van der Waals surface area (Å²) in [5.41, 5.74) is -0.398. The van der Waals surface area contributed by atoms with Crippen LogP contribution in [0.25, 0.3) is 0 Å². The highest BCUT2D eigenvalue weighted by Crippen LogP contribution is 2.18. The minimum Gasteiger partial charge on any atom is -0.478 e. The van der Waals surface area contributed by atoms with E-state index in [2.05, 4.69) is 10.3 Å². The molecule has 1 heterocycles. The van der Waals surface area contributed by atoms with E-state index in [1.807, 2.05) is 20.8 Å². The van der Waals surface area contributed by atoms with Gasteiger partial charge >= 0.3 is 5.97 Å². The van der Waals surface area contributed by atoms with E-state index in [1.165, 1.54) is 18.5 Å². The first kappa shape index (κ1) is 14.9. The van der Waals surface area contributed by atoms with Crippen molar-refractivity contribution in [3.63, 3.8) is 0 Å². The summed E-state index contributed by atoms with van der Waals surface area (Å²) in [5.74, 6) is -1.36. The molecule has 0 saturated heterocycles. The minimum atomic E-state index is -1.12. The lowest BCUT2D eigenvalue weighted by molar-refractivity contribution is -0.128. The van der Waals surface area contributed by atoms with Gasteiger partial charge in [0.25, 0.3) is 5.91 Å². The van der Waals surface area contributed by atoms with Crippen LogP contribution in [0, 0.1) is 0 Å². The summed E-state index contributed by atoms with van der Waals surface area (Å²) in [6.07, 6.45) is 1.84. The minimum absolute atomic E-state index is 0.0228. The molecule has 0 aromatic carbocycles. The van der Waals surface area contributed by atoms with E-state index in [9.17, 15) is 9.59 Å². The Labute approximate surface area is 111 Å². The number of carboxylic acid groups (broad SMARTS) is 1. The van der Waals surface area contributed by atoms with Crippen molar-refractivity contribution in [2.75, 3.05) is 0 Å². The maximum absolute atomic E-state index is 11.8. The van der Waals surface area contributed by atoms with Crippen molar-refractivity contribution in [3.8, 4) is 5.75 Å². The lowest BCUT2D eigenvalue weighted by Gasteiger charge is -2.23. The number of rotatable bonds is 4. The fraction of sp³-hybridized carbons (Fsp3) is 0.462. The van der Waals surface area contributed by atoms with Crippen LogP contribution >= 0.6 is 0 Å². The largest absolute Gasteiger partial charge is 0.478 e. The third-order valence-electron chi connectivity index (χ3n) is 2.19. The molecule has 104 valence electrons. The standard InChI is InChI=1S/C13H18N2O4/c1-8(11(16)15-13(2,3)4)19-10-7-14-6-5-9(10)12(17)18/h5-8H,1-4H3,(H,15,16)(H,17,18). The second-order valence-electron chi connectivity index (χ2n) is 5.18. The first-order valence-electron chi connectivity index (χ1n) is 5.86. The zero-order valence-corrected chi connectivity index (χ0v) is 11.4. The van der Waals surface area contributed by atoms with Gasteiger partial charge in [-0.2, -0.15) is 0 Å². The molecule has 1 unspecified atom stereocenters. The Morgan fingerprint density at radius 1 is 1.42 bits per heavy atom. The van der Waals surface area contributed by atoms with Crippen LogP contribution in [-0.4, -0.2) is 33.6 Å². The molecular formula is C13H18N2O4. The van der Waals surface area contributed by atoms with Crippen molar-refractivity contribution < 1.29 is 19.4 Å². The van der Waals surface area contributed by atoms with Gasteiger partial charge in [-0.25, -0.2) is 4.79 Å². The molecule has 0 bridgehead atoms. The van der Waals surface area contributed by atoms with Crippen LogP contribution in [0.3, 0.4) is 0 Å². The molecular weight excluding hydrogens is 248 g/mol. The molecule has 2 N–H and O–H groups in total. The molecule has 0 saturated carbocycles. The van der Waals surface area contributed by atoms with Crippen molar-refractivity contribution in [2.24, 2.45) is 0 Å². The van der Waals surface area contributed by atoms with E-state index >= 15 is 0 Å². The number of hydrogen-bond donors (Lipinski definition) is 2. The highest BCUT2D eigenvalue weighted by molar-refractivity contribution is 5.91. The monoisotopic (exact) mass is 266 g/mol. The van der Waals surface area contributed by atoms with Gasteiger partial charge in [-0.3, -0.25) is 9.78 Å². The molecule has 1 rings (SSSR count). The lowest BCUT2D eigenvalue weighted by atomic mass is 10.1. The number of nitrogens with one attached hydrogen (secondary N) is 1. The highest BCUT2D eigenvalue weighted by atomic mass is 16.5. The van der Waals surface area contributed by atoms with Gasteiger partial charge in [-0.1, -0.05) is 0 Å². The van der Waals surface area contributed by atoms with Gasteiger partial charge in [0.1, 0.15) is 5.56 Å². The van der Waals surface area contributed by atoms with Gasteiger partial charge in [0.05, 0.1) is 6.20 Å². The summed E-state index contributed by atoms with van der Waals surface area (Å²) in [7, 11) is 0. The van der Waals surface area contributed by atoms with E-state index in [0.29, 0.717) is 0 Å². The number of ether oxygens (including phenoxy) is 1. The highest BCUT2D eigenvalue weighted by Gasteiger charge is 2.22. The Morgan fingerprint density at radius 3 is 2.58 bits per heavy atom.